The molecule has 0 saturated carbocycles. The number of aromatic nitrogens is 2. The molecular formula is C18H31N3O2. The second-order valence-corrected chi connectivity index (χ2v) is 4.85. The monoisotopic (exact) mass is 321 g/mol. The van der Waals surface area contributed by atoms with E-state index in [4.69, 9.17) is 9.47 Å². The number of methoxy groups -OCH3 is 1. The van der Waals surface area contributed by atoms with Crippen LogP contribution in [0, 0.1) is 0 Å². The molecule has 2 aromatic heterocycles. The minimum atomic E-state index is 0.0655. The van der Waals surface area contributed by atoms with Gasteiger partial charge in [0.2, 0.25) is 5.88 Å². The first-order valence-electron chi connectivity index (χ1n) is 8.25. The van der Waals surface area contributed by atoms with Gasteiger partial charge in [0.05, 0.1) is 30.6 Å². The predicted octanol–water partition coefficient (Wildman–Crippen LogP) is 4.91. The summed E-state index contributed by atoms with van der Waals surface area (Å²) in [5.41, 5.74) is 2.30. The van der Waals surface area contributed by atoms with Gasteiger partial charge in [0.1, 0.15) is 5.52 Å². The molecule has 2 aromatic rings. The van der Waals surface area contributed by atoms with Gasteiger partial charge in [-0.25, -0.2) is 4.98 Å². The summed E-state index contributed by atoms with van der Waals surface area (Å²) in [7, 11) is 3.42. The number of nitrogens with one attached hydrogen (secondary N) is 1. The summed E-state index contributed by atoms with van der Waals surface area (Å²) in [5, 5.41) is 3.06. The highest BCUT2D eigenvalue weighted by molar-refractivity contribution is 5.87. The summed E-state index contributed by atoms with van der Waals surface area (Å²) in [6, 6.07) is 3.65. The Morgan fingerprint density at radius 1 is 1.17 bits per heavy atom. The standard InChI is InChI=1S/C13H17N3O2.C3H8.C2H6/c1-8(2)18-13-10(14-3)7-15-9-5-6-11(17-4)16-12(9)13;1-3-2;1-2/h5-8,14H,1-4H3;3H2,1-2H3;1-2H3. The lowest BCUT2D eigenvalue weighted by molar-refractivity contribution is 0.246. The molecule has 0 fully saturated rings. The van der Waals surface area contributed by atoms with Crippen molar-refractivity contribution < 1.29 is 9.47 Å². The Labute approximate surface area is 140 Å². The zero-order chi connectivity index (χ0) is 17.8. The summed E-state index contributed by atoms with van der Waals surface area (Å²) in [6.07, 6.45) is 3.06. The van der Waals surface area contributed by atoms with Crippen molar-refractivity contribution in [2.45, 2.75) is 54.1 Å². The number of anilines is 1. The van der Waals surface area contributed by atoms with Crippen molar-refractivity contribution in [3.8, 4) is 11.6 Å². The van der Waals surface area contributed by atoms with Crippen LogP contribution in [0.3, 0.4) is 0 Å². The molecule has 2 rings (SSSR count). The van der Waals surface area contributed by atoms with Crippen molar-refractivity contribution in [2.75, 3.05) is 19.5 Å². The van der Waals surface area contributed by atoms with Crippen LogP contribution < -0.4 is 14.8 Å². The van der Waals surface area contributed by atoms with Crippen molar-refractivity contribution in [1.29, 1.82) is 0 Å². The van der Waals surface area contributed by atoms with E-state index in [1.54, 1.807) is 19.4 Å². The van der Waals surface area contributed by atoms with E-state index in [1.807, 2.05) is 40.8 Å². The van der Waals surface area contributed by atoms with E-state index in [2.05, 4.69) is 29.1 Å². The molecule has 0 bridgehead atoms. The van der Waals surface area contributed by atoms with Gasteiger partial charge in [-0.05, 0) is 19.9 Å². The van der Waals surface area contributed by atoms with E-state index < -0.39 is 0 Å². The van der Waals surface area contributed by atoms with Gasteiger partial charge in [-0.2, -0.15) is 0 Å². The van der Waals surface area contributed by atoms with Gasteiger partial charge in [0.15, 0.2) is 5.75 Å². The van der Waals surface area contributed by atoms with E-state index >= 15 is 0 Å². The maximum atomic E-state index is 5.83. The fraction of sp³-hybridized carbons (Fsp3) is 0.556. The highest BCUT2D eigenvalue weighted by Gasteiger charge is 2.13. The first-order chi connectivity index (χ1) is 11.1. The number of ether oxygens (including phenoxy) is 2. The van der Waals surface area contributed by atoms with Crippen LogP contribution in [0.15, 0.2) is 18.3 Å². The van der Waals surface area contributed by atoms with Gasteiger partial charge in [-0.15, -0.1) is 0 Å². The number of rotatable bonds is 4. The number of nitrogens with zero attached hydrogens (tertiary/aromatic N) is 2. The van der Waals surface area contributed by atoms with Crippen molar-refractivity contribution >= 4 is 16.7 Å². The third kappa shape index (κ3) is 6.30. The molecule has 0 aliphatic heterocycles. The highest BCUT2D eigenvalue weighted by atomic mass is 16.5. The Hall–Kier alpha value is -2.04. The third-order valence-corrected chi connectivity index (χ3v) is 2.47. The van der Waals surface area contributed by atoms with Crippen LogP contribution in [-0.2, 0) is 0 Å². The van der Waals surface area contributed by atoms with E-state index in [0.29, 0.717) is 17.1 Å². The SMILES string of the molecule is CC.CCC.CNc1cnc2ccc(OC)nc2c1OC(C)C. The summed E-state index contributed by atoms with van der Waals surface area (Å²) in [4.78, 5) is 8.74. The lowest BCUT2D eigenvalue weighted by Gasteiger charge is -2.15. The van der Waals surface area contributed by atoms with E-state index in [-0.39, 0.29) is 6.10 Å². The van der Waals surface area contributed by atoms with Gasteiger partial charge in [-0.3, -0.25) is 4.98 Å². The lowest BCUT2D eigenvalue weighted by atomic mass is 10.2. The minimum absolute atomic E-state index is 0.0655. The Morgan fingerprint density at radius 2 is 1.78 bits per heavy atom. The zero-order valence-electron chi connectivity index (χ0n) is 15.7. The van der Waals surface area contributed by atoms with Crippen LogP contribution in [0.25, 0.3) is 11.0 Å². The molecule has 0 unspecified atom stereocenters. The van der Waals surface area contributed by atoms with Gasteiger partial charge in [-0.1, -0.05) is 34.1 Å². The average molecular weight is 321 g/mol. The van der Waals surface area contributed by atoms with Crippen LogP contribution >= 0.6 is 0 Å². The molecule has 0 radical (unpaired) electrons. The number of hydrogen-bond acceptors (Lipinski definition) is 5. The predicted molar refractivity (Wildman–Crippen MR) is 98.7 cm³/mol. The molecule has 0 aromatic carbocycles. The molecule has 0 spiro atoms. The van der Waals surface area contributed by atoms with Crippen LogP contribution in [-0.4, -0.2) is 30.2 Å². The molecule has 5 heteroatoms. The van der Waals surface area contributed by atoms with Crippen LogP contribution in [0.5, 0.6) is 11.6 Å². The summed E-state index contributed by atoms with van der Waals surface area (Å²) in [5.74, 6) is 1.25. The van der Waals surface area contributed by atoms with Crippen molar-refractivity contribution in [3.05, 3.63) is 18.3 Å². The van der Waals surface area contributed by atoms with Crippen LogP contribution in [0.4, 0.5) is 5.69 Å². The Morgan fingerprint density at radius 3 is 2.26 bits per heavy atom. The van der Waals surface area contributed by atoms with Gasteiger partial charge < -0.3 is 14.8 Å². The number of fused-ring (bicyclic) bond motifs is 1. The average Bonchev–Trinajstić information content (AvgIpc) is 2.57. The third-order valence-electron chi connectivity index (χ3n) is 2.47. The Balaban J connectivity index is 0.000000868. The second-order valence-electron chi connectivity index (χ2n) is 4.85. The molecule has 130 valence electrons. The molecule has 2 heterocycles. The molecule has 0 saturated heterocycles. The minimum Gasteiger partial charge on any atom is -0.486 e. The van der Waals surface area contributed by atoms with Crippen LogP contribution in [0.2, 0.25) is 0 Å². The quantitative estimate of drug-likeness (QED) is 0.867. The van der Waals surface area contributed by atoms with Gasteiger partial charge in [0, 0.05) is 13.1 Å². The smallest absolute Gasteiger partial charge is 0.213 e. The van der Waals surface area contributed by atoms with Crippen molar-refractivity contribution in [1.82, 2.24) is 9.97 Å². The first kappa shape index (κ1) is 21.0. The van der Waals surface area contributed by atoms with E-state index in [1.165, 1.54) is 6.42 Å². The number of hydrogen-bond donors (Lipinski definition) is 1. The van der Waals surface area contributed by atoms with Crippen molar-refractivity contribution in [3.63, 3.8) is 0 Å². The Bertz CT molecular complexity index is 566. The van der Waals surface area contributed by atoms with E-state index in [9.17, 15) is 0 Å². The molecule has 0 aliphatic carbocycles. The normalized spacial score (nSPS) is 9.43. The Kier molecular flexibility index (Phi) is 10.5. The fourth-order valence-corrected chi connectivity index (χ4v) is 1.67. The van der Waals surface area contributed by atoms with E-state index in [0.717, 1.165) is 11.2 Å². The topological polar surface area (TPSA) is 56.3 Å². The summed E-state index contributed by atoms with van der Waals surface area (Å²) < 4.78 is 11.0. The molecule has 0 atom stereocenters. The van der Waals surface area contributed by atoms with Crippen molar-refractivity contribution in [2.24, 2.45) is 0 Å². The first-order valence-corrected chi connectivity index (χ1v) is 8.25. The van der Waals surface area contributed by atoms with Gasteiger partial charge in [0.25, 0.3) is 0 Å². The fourth-order valence-electron chi connectivity index (χ4n) is 1.67. The van der Waals surface area contributed by atoms with Gasteiger partial charge >= 0.3 is 0 Å². The lowest BCUT2D eigenvalue weighted by Crippen LogP contribution is -2.09. The molecule has 23 heavy (non-hydrogen) atoms. The largest absolute Gasteiger partial charge is 0.486 e. The maximum absolute atomic E-state index is 5.83. The highest BCUT2D eigenvalue weighted by Crippen LogP contribution is 2.32. The molecule has 1 N–H and O–H groups in total. The molecular weight excluding hydrogens is 290 g/mol. The second kappa shape index (κ2) is 11.5. The maximum Gasteiger partial charge on any atom is 0.213 e. The summed E-state index contributed by atoms with van der Waals surface area (Å²) >= 11 is 0. The molecule has 5 nitrogen and oxygen atoms in total. The molecule has 0 amide bonds. The summed E-state index contributed by atoms with van der Waals surface area (Å²) in [6.45, 7) is 12.2. The van der Waals surface area contributed by atoms with Crippen LogP contribution in [0.1, 0.15) is 48.0 Å². The number of pyridine rings is 2. The zero-order valence-corrected chi connectivity index (χ0v) is 15.7. The molecule has 0 aliphatic rings.